The zero-order valence-electron chi connectivity index (χ0n) is 14.0. The minimum Gasteiger partial charge on any atom is -0.472 e. The zero-order valence-corrected chi connectivity index (χ0v) is 14.0. The summed E-state index contributed by atoms with van der Waals surface area (Å²) in [5.41, 5.74) is 0.559. The number of hydrogen-bond donors (Lipinski definition) is 2. The number of carbonyl (C=O) groups is 2. The fourth-order valence-corrected chi connectivity index (χ4v) is 3.26. The quantitative estimate of drug-likeness (QED) is 0.856. The van der Waals surface area contributed by atoms with Gasteiger partial charge in [0.25, 0.3) is 5.91 Å². The van der Waals surface area contributed by atoms with Crippen molar-refractivity contribution < 1.29 is 18.7 Å². The maximum absolute atomic E-state index is 12.1. The van der Waals surface area contributed by atoms with Crippen molar-refractivity contribution in [1.29, 1.82) is 0 Å². The Kier molecular flexibility index (Phi) is 5.40. The van der Waals surface area contributed by atoms with Crippen molar-refractivity contribution >= 4 is 12.0 Å². The third-order valence-corrected chi connectivity index (χ3v) is 4.84. The Hall–Kier alpha value is -2.02. The molecule has 7 heteroatoms. The molecule has 1 aliphatic heterocycles. The molecular formula is C17H25N3O4. The Labute approximate surface area is 141 Å². The molecule has 2 aliphatic rings. The van der Waals surface area contributed by atoms with Crippen molar-refractivity contribution in [2.75, 3.05) is 19.7 Å². The van der Waals surface area contributed by atoms with Crippen LogP contribution in [0.5, 0.6) is 0 Å². The topological polar surface area (TPSA) is 83.8 Å². The van der Waals surface area contributed by atoms with Gasteiger partial charge in [0, 0.05) is 31.2 Å². The van der Waals surface area contributed by atoms with E-state index in [9.17, 15) is 9.59 Å². The van der Waals surface area contributed by atoms with Gasteiger partial charge >= 0.3 is 6.09 Å². The lowest BCUT2D eigenvalue weighted by molar-refractivity contribution is 0.0839. The molecule has 1 aromatic heterocycles. The van der Waals surface area contributed by atoms with Gasteiger partial charge in [-0.1, -0.05) is 0 Å². The Balaban J connectivity index is 1.41. The molecule has 1 aliphatic carbocycles. The molecule has 0 spiro atoms. The molecule has 24 heavy (non-hydrogen) atoms. The predicted molar refractivity (Wildman–Crippen MR) is 87.7 cm³/mol. The van der Waals surface area contributed by atoms with Crippen LogP contribution in [-0.4, -0.2) is 54.7 Å². The van der Waals surface area contributed by atoms with E-state index >= 15 is 0 Å². The van der Waals surface area contributed by atoms with Gasteiger partial charge < -0.3 is 24.7 Å². The fourth-order valence-electron chi connectivity index (χ4n) is 3.26. The van der Waals surface area contributed by atoms with Crippen molar-refractivity contribution in [2.24, 2.45) is 0 Å². The number of hydrogen-bond acceptors (Lipinski definition) is 5. The third kappa shape index (κ3) is 3.90. The highest BCUT2D eigenvalue weighted by atomic mass is 16.6. The molecule has 1 saturated heterocycles. The van der Waals surface area contributed by atoms with E-state index in [1.807, 2.05) is 6.92 Å². The van der Waals surface area contributed by atoms with Crippen LogP contribution in [0, 0.1) is 0 Å². The minimum absolute atomic E-state index is 0.0858. The summed E-state index contributed by atoms with van der Waals surface area (Å²) in [6.07, 6.45) is 6.63. The number of carbonyl (C=O) groups excluding carboxylic acids is 2. The minimum atomic E-state index is -0.218. The molecular weight excluding hydrogens is 310 g/mol. The number of amides is 2. The number of likely N-dealkylation sites (tertiary alicyclic amines) is 1. The fraction of sp³-hybridized carbons (Fsp3) is 0.647. The summed E-state index contributed by atoms with van der Waals surface area (Å²) in [6, 6.07) is 2.52. The summed E-state index contributed by atoms with van der Waals surface area (Å²) >= 11 is 0. The first-order valence-electron chi connectivity index (χ1n) is 8.68. The highest BCUT2D eigenvalue weighted by molar-refractivity contribution is 5.94. The van der Waals surface area contributed by atoms with Crippen molar-refractivity contribution in [3.63, 3.8) is 0 Å². The number of furan rings is 1. The van der Waals surface area contributed by atoms with Crippen molar-refractivity contribution in [3.8, 4) is 0 Å². The maximum Gasteiger partial charge on any atom is 0.409 e. The Morgan fingerprint density at radius 3 is 2.58 bits per heavy atom. The summed E-state index contributed by atoms with van der Waals surface area (Å²) in [7, 11) is 0. The van der Waals surface area contributed by atoms with E-state index in [1.165, 1.54) is 12.5 Å². The molecule has 132 valence electrons. The average Bonchev–Trinajstić information content (AvgIpc) is 3.12. The number of nitrogens with one attached hydrogen (secondary N) is 2. The molecule has 2 amide bonds. The molecule has 0 radical (unpaired) electrons. The SMILES string of the molecule is CCOC(=O)N1CCC(N[C@@H]2CC[C@@H]2NC(=O)c2ccoc2)CC1. The summed E-state index contributed by atoms with van der Waals surface area (Å²) in [4.78, 5) is 25.5. The van der Waals surface area contributed by atoms with Crippen molar-refractivity contribution in [3.05, 3.63) is 24.2 Å². The van der Waals surface area contributed by atoms with E-state index in [1.54, 1.807) is 11.0 Å². The summed E-state index contributed by atoms with van der Waals surface area (Å²) in [5, 5.41) is 6.69. The average molecular weight is 335 g/mol. The summed E-state index contributed by atoms with van der Waals surface area (Å²) in [5.74, 6) is -0.0858. The molecule has 2 fully saturated rings. The second-order valence-corrected chi connectivity index (χ2v) is 6.40. The molecule has 0 aromatic carbocycles. The van der Waals surface area contributed by atoms with Gasteiger partial charge in [-0.25, -0.2) is 4.79 Å². The van der Waals surface area contributed by atoms with Crippen LogP contribution < -0.4 is 10.6 Å². The maximum atomic E-state index is 12.1. The lowest BCUT2D eigenvalue weighted by atomic mass is 9.85. The molecule has 1 aromatic rings. The van der Waals surface area contributed by atoms with Gasteiger partial charge in [0.15, 0.2) is 0 Å². The molecule has 1 saturated carbocycles. The highest BCUT2D eigenvalue weighted by Gasteiger charge is 2.35. The summed E-state index contributed by atoms with van der Waals surface area (Å²) in [6.45, 7) is 3.67. The van der Waals surface area contributed by atoms with Gasteiger partial charge in [0.1, 0.15) is 6.26 Å². The second-order valence-electron chi connectivity index (χ2n) is 6.40. The van der Waals surface area contributed by atoms with E-state index in [0.29, 0.717) is 24.3 Å². The Morgan fingerprint density at radius 2 is 2.00 bits per heavy atom. The predicted octanol–water partition coefficient (Wildman–Crippen LogP) is 1.75. The highest BCUT2D eigenvalue weighted by Crippen LogP contribution is 2.23. The van der Waals surface area contributed by atoms with Crippen LogP contribution in [0.25, 0.3) is 0 Å². The van der Waals surface area contributed by atoms with Gasteiger partial charge in [0.2, 0.25) is 0 Å². The van der Waals surface area contributed by atoms with Crippen LogP contribution in [0.1, 0.15) is 43.0 Å². The Bertz CT molecular complexity index is 552. The van der Waals surface area contributed by atoms with Gasteiger partial charge in [-0.15, -0.1) is 0 Å². The van der Waals surface area contributed by atoms with E-state index in [0.717, 1.165) is 38.8 Å². The van der Waals surface area contributed by atoms with Gasteiger partial charge in [-0.2, -0.15) is 0 Å². The molecule has 2 atom stereocenters. The monoisotopic (exact) mass is 335 g/mol. The van der Waals surface area contributed by atoms with Crippen LogP contribution >= 0.6 is 0 Å². The third-order valence-electron chi connectivity index (χ3n) is 4.84. The first kappa shape index (κ1) is 16.8. The van der Waals surface area contributed by atoms with Crippen molar-refractivity contribution in [2.45, 2.75) is 50.7 Å². The van der Waals surface area contributed by atoms with Crippen molar-refractivity contribution in [1.82, 2.24) is 15.5 Å². The van der Waals surface area contributed by atoms with Gasteiger partial charge in [-0.3, -0.25) is 4.79 Å². The molecule has 3 rings (SSSR count). The number of piperidine rings is 1. The lowest BCUT2D eigenvalue weighted by Crippen LogP contribution is -2.60. The largest absolute Gasteiger partial charge is 0.472 e. The van der Waals surface area contributed by atoms with Crippen LogP contribution in [0.4, 0.5) is 4.79 Å². The molecule has 2 N–H and O–H groups in total. The van der Waals surface area contributed by atoms with E-state index < -0.39 is 0 Å². The summed E-state index contributed by atoms with van der Waals surface area (Å²) < 4.78 is 9.98. The number of ether oxygens (including phenoxy) is 1. The smallest absolute Gasteiger partial charge is 0.409 e. The zero-order chi connectivity index (χ0) is 16.9. The van der Waals surface area contributed by atoms with Crippen LogP contribution in [0.15, 0.2) is 23.0 Å². The molecule has 0 unspecified atom stereocenters. The first-order valence-corrected chi connectivity index (χ1v) is 8.68. The molecule has 7 nitrogen and oxygen atoms in total. The number of rotatable bonds is 5. The number of nitrogens with zero attached hydrogens (tertiary/aromatic N) is 1. The lowest BCUT2D eigenvalue weighted by Gasteiger charge is -2.42. The van der Waals surface area contributed by atoms with E-state index in [-0.39, 0.29) is 18.0 Å². The Morgan fingerprint density at radius 1 is 1.25 bits per heavy atom. The van der Waals surface area contributed by atoms with Crippen LogP contribution in [-0.2, 0) is 4.74 Å². The first-order chi connectivity index (χ1) is 11.7. The van der Waals surface area contributed by atoms with Crippen LogP contribution in [0.3, 0.4) is 0 Å². The normalized spacial score (nSPS) is 24.3. The van der Waals surface area contributed by atoms with E-state index in [4.69, 9.17) is 9.15 Å². The molecule has 2 heterocycles. The van der Waals surface area contributed by atoms with Gasteiger partial charge in [0.05, 0.1) is 18.4 Å². The van der Waals surface area contributed by atoms with E-state index in [2.05, 4.69) is 10.6 Å². The molecule has 0 bridgehead atoms. The standard InChI is InChI=1S/C17H25N3O4/c1-2-24-17(22)20-8-5-13(6-9-20)18-14-3-4-15(14)19-16(21)12-7-10-23-11-12/h7,10-11,13-15,18H,2-6,8-9H2,1H3,(H,19,21)/t14-,15+/m1/s1. The second kappa shape index (κ2) is 7.70. The van der Waals surface area contributed by atoms with Gasteiger partial charge in [-0.05, 0) is 38.7 Å². The van der Waals surface area contributed by atoms with Crippen LogP contribution in [0.2, 0.25) is 0 Å².